The fourth-order valence-corrected chi connectivity index (χ4v) is 5.89. The van der Waals surface area contributed by atoms with E-state index in [2.05, 4.69) is 41.7 Å². The van der Waals surface area contributed by atoms with Gasteiger partial charge in [-0.2, -0.15) is 4.31 Å². The average molecular weight is 467 g/mol. The van der Waals surface area contributed by atoms with Crippen molar-refractivity contribution in [3.05, 3.63) is 38.7 Å². The third-order valence-corrected chi connectivity index (χ3v) is 7.66. The molecule has 1 aromatic heterocycles. The van der Waals surface area contributed by atoms with Gasteiger partial charge in [-0.3, -0.25) is 0 Å². The summed E-state index contributed by atoms with van der Waals surface area (Å²) in [7, 11) is -3.49. The second-order valence-electron chi connectivity index (χ2n) is 4.78. The Kier molecular flexibility index (Phi) is 4.89. The maximum atomic E-state index is 12.8. The fraction of sp³-hybridized carbons (Fsp3) is 0.308. The van der Waals surface area contributed by atoms with Crippen LogP contribution in [0.4, 0.5) is 5.13 Å². The number of sulfonamides is 1. The van der Waals surface area contributed by atoms with E-state index < -0.39 is 10.0 Å². The van der Waals surface area contributed by atoms with E-state index in [9.17, 15) is 8.42 Å². The van der Waals surface area contributed by atoms with Crippen molar-refractivity contribution in [2.45, 2.75) is 4.90 Å². The maximum Gasteiger partial charge on any atom is 0.244 e. The van der Waals surface area contributed by atoms with Crippen molar-refractivity contribution < 1.29 is 8.42 Å². The Balaban J connectivity index is 1.79. The molecule has 1 aliphatic rings. The van der Waals surface area contributed by atoms with Crippen LogP contribution in [0.3, 0.4) is 0 Å². The number of halogens is 2. The molecule has 1 aliphatic heterocycles. The molecule has 22 heavy (non-hydrogen) atoms. The van der Waals surface area contributed by atoms with E-state index in [1.807, 2.05) is 11.4 Å². The topological polar surface area (TPSA) is 53.5 Å². The molecule has 0 aliphatic carbocycles. The molecule has 0 saturated carbocycles. The number of hydrogen-bond acceptors (Lipinski definition) is 5. The molecule has 0 atom stereocenters. The highest BCUT2D eigenvalue weighted by Crippen LogP contribution is 2.29. The molecule has 0 N–H and O–H groups in total. The van der Waals surface area contributed by atoms with Gasteiger partial charge in [0.2, 0.25) is 10.0 Å². The summed E-state index contributed by atoms with van der Waals surface area (Å²) in [5, 5.41) is 2.87. The van der Waals surface area contributed by atoms with Gasteiger partial charge in [0, 0.05) is 46.7 Å². The molecule has 118 valence electrons. The van der Waals surface area contributed by atoms with Crippen molar-refractivity contribution in [3.63, 3.8) is 0 Å². The smallest absolute Gasteiger partial charge is 0.244 e. The number of piperazine rings is 1. The lowest BCUT2D eigenvalue weighted by molar-refractivity contribution is 0.384. The summed E-state index contributed by atoms with van der Waals surface area (Å²) in [6.45, 7) is 2.22. The van der Waals surface area contributed by atoms with E-state index >= 15 is 0 Å². The lowest BCUT2D eigenvalue weighted by atomic mass is 10.4. The Bertz CT molecular complexity index is 758. The molecule has 0 amide bonds. The Morgan fingerprint density at radius 3 is 2.50 bits per heavy atom. The minimum absolute atomic E-state index is 0.296. The number of nitrogens with zero attached hydrogens (tertiary/aromatic N) is 3. The first-order chi connectivity index (χ1) is 10.5. The molecule has 2 heterocycles. The molecule has 0 unspecified atom stereocenters. The average Bonchev–Trinajstić information content (AvgIpc) is 3.04. The highest BCUT2D eigenvalue weighted by molar-refractivity contribution is 9.11. The van der Waals surface area contributed by atoms with Gasteiger partial charge in [-0.25, -0.2) is 13.4 Å². The molecule has 9 heteroatoms. The summed E-state index contributed by atoms with van der Waals surface area (Å²) in [6, 6.07) is 5.18. The summed E-state index contributed by atoms with van der Waals surface area (Å²) in [6.07, 6.45) is 1.77. The van der Waals surface area contributed by atoms with Gasteiger partial charge in [-0.15, -0.1) is 11.3 Å². The summed E-state index contributed by atoms with van der Waals surface area (Å²) in [4.78, 5) is 6.69. The number of rotatable bonds is 3. The molecular formula is C13H13Br2N3O2S2. The van der Waals surface area contributed by atoms with E-state index in [0.717, 1.165) is 9.60 Å². The second kappa shape index (κ2) is 6.56. The van der Waals surface area contributed by atoms with Crippen molar-refractivity contribution in [2.75, 3.05) is 31.1 Å². The number of aromatic nitrogens is 1. The molecule has 3 rings (SSSR count). The van der Waals surface area contributed by atoms with Crippen LogP contribution in [0, 0.1) is 0 Å². The molecule has 0 spiro atoms. The lowest BCUT2D eigenvalue weighted by Gasteiger charge is -2.33. The third kappa shape index (κ3) is 3.23. The summed E-state index contributed by atoms with van der Waals surface area (Å²) < 4.78 is 28.5. The van der Waals surface area contributed by atoms with Gasteiger partial charge in [0.25, 0.3) is 0 Å². The van der Waals surface area contributed by atoms with Crippen molar-refractivity contribution in [2.24, 2.45) is 0 Å². The van der Waals surface area contributed by atoms with Crippen LogP contribution in [0.25, 0.3) is 0 Å². The van der Waals surface area contributed by atoms with E-state index in [-0.39, 0.29) is 0 Å². The van der Waals surface area contributed by atoms with Crippen molar-refractivity contribution in [3.8, 4) is 0 Å². The molecule has 1 aromatic carbocycles. The normalized spacial score (nSPS) is 16.9. The zero-order valence-corrected chi connectivity index (χ0v) is 16.3. The van der Waals surface area contributed by atoms with Gasteiger partial charge >= 0.3 is 0 Å². The van der Waals surface area contributed by atoms with Crippen LogP contribution < -0.4 is 4.90 Å². The predicted octanol–water partition coefficient (Wildman–Crippen LogP) is 3.18. The van der Waals surface area contributed by atoms with Crippen LogP contribution in [-0.2, 0) is 10.0 Å². The zero-order chi connectivity index (χ0) is 15.7. The van der Waals surface area contributed by atoms with Crippen LogP contribution in [0.5, 0.6) is 0 Å². The second-order valence-corrected chi connectivity index (χ2v) is 9.33. The zero-order valence-electron chi connectivity index (χ0n) is 11.4. The molecule has 1 fully saturated rings. The Morgan fingerprint density at radius 2 is 1.86 bits per heavy atom. The van der Waals surface area contributed by atoms with Gasteiger partial charge in [-0.1, -0.05) is 15.9 Å². The van der Waals surface area contributed by atoms with Crippen molar-refractivity contribution in [1.29, 1.82) is 0 Å². The highest BCUT2D eigenvalue weighted by atomic mass is 79.9. The van der Waals surface area contributed by atoms with E-state index in [4.69, 9.17) is 0 Å². The van der Waals surface area contributed by atoms with Crippen LogP contribution in [-0.4, -0.2) is 43.9 Å². The van der Waals surface area contributed by atoms with Gasteiger partial charge in [0.1, 0.15) is 0 Å². The van der Waals surface area contributed by atoms with Crippen LogP contribution in [0.2, 0.25) is 0 Å². The fourth-order valence-electron chi connectivity index (χ4n) is 2.31. The van der Waals surface area contributed by atoms with Gasteiger partial charge in [0.05, 0.1) is 4.90 Å². The Labute approximate surface area is 150 Å². The third-order valence-electron chi connectivity index (χ3n) is 3.44. The van der Waals surface area contributed by atoms with Gasteiger partial charge in [0.15, 0.2) is 5.13 Å². The molecule has 1 saturated heterocycles. The first-order valence-corrected chi connectivity index (χ1v) is 10.5. The number of thiazole rings is 1. The standard InChI is InChI=1S/C13H13Br2N3O2S2/c14-10-1-2-11(15)12(9-10)22(19,20)18-6-4-17(5-7-18)13-16-3-8-21-13/h1-3,8-9H,4-7H2. The summed E-state index contributed by atoms with van der Waals surface area (Å²) in [5.74, 6) is 0. The first kappa shape index (κ1) is 16.4. The SMILES string of the molecule is O=S(=O)(c1cc(Br)ccc1Br)N1CCN(c2nccs2)CC1. The van der Waals surface area contributed by atoms with Crippen LogP contribution >= 0.6 is 43.2 Å². The summed E-state index contributed by atoms with van der Waals surface area (Å²) in [5.41, 5.74) is 0. The number of benzene rings is 1. The predicted molar refractivity (Wildman–Crippen MR) is 94.9 cm³/mol. The van der Waals surface area contributed by atoms with Crippen molar-refractivity contribution >= 4 is 58.4 Å². The molecule has 5 nitrogen and oxygen atoms in total. The highest BCUT2D eigenvalue weighted by Gasteiger charge is 2.30. The van der Waals surface area contributed by atoms with Gasteiger partial charge < -0.3 is 4.90 Å². The van der Waals surface area contributed by atoms with E-state index in [1.54, 1.807) is 29.7 Å². The lowest BCUT2D eigenvalue weighted by Crippen LogP contribution is -2.48. The minimum Gasteiger partial charge on any atom is -0.345 e. The Morgan fingerprint density at radius 1 is 1.14 bits per heavy atom. The first-order valence-electron chi connectivity index (χ1n) is 6.58. The minimum atomic E-state index is -3.49. The van der Waals surface area contributed by atoms with Crippen LogP contribution in [0.15, 0.2) is 43.6 Å². The van der Waals surface area contributed by atoms with E-state index in [0.29, 0.717) is 35.5 Å². The van der Waals surface area contributed by atoms with Crippen molar-refractivity contribution in [1.82, 2.24) is 9.29 Å². The number of anilines is 1. The molecule has 0 bridgehead atoms. The van der Waals surface area contributed by atoms with E-state index in [1.165, 1.54) is 4.31 Å². The quantitative estimate of drug-likeness (QED) is 0.697. The molecule has 2 aromatic rings. The Hall–Kier alpha value is -0.480. The summed E-state index contributed by atoms with van der Waals surface area (Å²) >= 11 is 8.23. The number of hydrogen-bond donors (Lipinski definition) is 0. The molecular weight excluding hydrogens is 454 g/mol. The van der Waals surface area contributed by atoms with Crippen LogP contribution in [0.1, 0.15) is 0 Å². The molecule has 0 radical (unpaired) electrons. The monoisotopic (exact) mass is 465 g/mol. The maximum absolute atomic E-state index is 12.8. The largest absolute Gasteiger partial charge is 0.345 e. The van der Waals surface area contributed by atoms with Gasteiger partial charge in [-0.05, 0) is 34.1 Å².